The highest BCUT2D eigenvalue weighted by atomic mass is 16.5. The van der Waals surface area contributed by atoms with E-state index in [1.807, 2.05) is 0 Å². The zero-order valence-electron chi connectivity index (χ0n) is 16.6. The fraction of sp³-hybridized carbons (Fsp3) is 0.870. The molecule has 4 aliphatic rings. The molecule has 0 aromatic carbocycles. The molecule has 1 N–H and O–H groups in total. The van der Waals surface area contributed by atoms with E-state index in [0.29, 0.717) is 17.3 Å². The molecule has 4 fully saturated rings. The van der Waals surface area contributed by atoms with Crippen LogP contribution in [0.5, 0.6) is 0 Å². The first-order valence-electron chi connectivity index (χ1n) is 10.6. The van der Waals surface area contributed by atoms with E-state index < -0.39 is 5.60 Å². The summed E-state index contributed by atoms with van der Waals surface area (Å²) in [5.74, 6) is 5.25. The van der Waals surface area contributed by atoms with Crippen LogP contribution in [0.25, 0.3) is 0 Å². The third-order valence-electron chi connectivity index (χ3n) is 9.22. The van der Waals surface area contributed by atoms with Crippen molar-refractivity contribution in [3.63, 3.8) is 0 Å². The largest absolute Gasteiger partial charge is 0.462 e. The molecule has 0 aliphatic heterocycles. The third kappa shape index (κ3) is 2.55. The lowest BCUT2D eigenvalue weighted by Gasteiger charge is -2.61. The van der Waals surface area contributed by atoms with E-state index in [9.17, 15) is 9.90 Å². The molecule has 0 radical (unpaired) electrons. The second-order valence-electron chi connectivity index (χ2n) is 10.3. The lowest BCUT2D eigenvalue weighted by atomic mass is 9.44. The molecule has 0 bridgehead atoms. The van der Waals surface area contributed by atoms with Gasteiger partial charge in [0.05, 0.1) is 0 Å². The van der Waals surface area contributed by atoms with E-state index in [4.69, 9.17) is 11.2 Å². The molecule has 4 rings (SSSR count). The number of ether oxygens (including phenoxy) is 1. The minimum absolute atomic E-state index is 0.106. The average molecular weight is 359 g/mol. The van der Waals surface area contributed by atoms with Crippen LogP contribution in [0.3, 0.4) is 0 Å². The Morgan fingerprint density at radius 1 is 1.04 bits per heavy atom. The summed E-state index contributed by atoms with van der Waals surface area (Å²) in [5.41, 5.74) is -0.412. The van der Waals surface area contributed by atoms with Crippen LogP contribution in [0, 0.1) is 46.8 Å². The number of carbonyl (C=O) groups excluding carboxylic acids is 1. The number of fused-ring (bicyclic) bond motifs is 5. The van der Waals surface area contributed by atoms with Gasteiger partial charge in [-0.25, -0.2) is 0 Å². The Morgan fingerprint density at radius 3 is 2.46 bits per heavy atom. The fourth-order valence-electron chi connectivity index (χ4n) is 7.72. The van der Waals surface area contributed by atoms with Gasteiger partial charge in [-0.2, -0.15) is 0 Å². The van der Waals surface area contributed by atoms with Crippen molar-refractivity contribution in [2.24, 2.45) is 34.5 Å². The average Bonchev–Trinajstić information content (AvgIpc) is 2.92. The molecule has 144 valence electrons. The summed E-state index contributed by atoms with van der Waals surface area (Å²) in [5, 5.41) is 10.7. The van der Waals surface area contributed by atoms with Crippen LogP contribution >= 0.6 is 0 Å². The molecule has 4 saturated carbocycles. The molecular weight excluding hydrogens is 324 g/mol. The molecule has 0 spiro atoms. The Labute approximate surface area is 158 Å². The van der Waals surface area contributed by atoms with Crippen LogP contribution in [0.2, 0.25) is 0 Å². The van der Waals surface area contributed by atoms with Crippen molar-refractivity contribution in [1.82, 2.24) is 0 Å². The Bertz CT molecular complexity index is 636. The number of esters is 1. The van der Waals surface area contributed by atoms with Gasteiger partial charge >= 0.3 is 5.97 Å². The quantitative estimate of drug-likeness (QED) is 0.561. The number of aliphatic hydroxyl groups is 1. The smallest absolute Gasteiger partial charge is 0.302 e. The molecule has 0 aromatic heterocycles. The summed E-state index contributed by atoms with van der Waals surface area (Å²) >= 11 is 0. The van der Waals surface area contributed by atoms with Crippen molar-refractivity contribution < 1.29 is 14.6 Å². The second kappa shape index (κ2) is 5.99. The first-order valence-corrected chi connectivity index (χ1v) is 10.6. The maximum Gasteiger partial charge on any atom is 0.302 e. The summed E-state index contributed by atoms with van der Waals surface area (Å²) in [4.78, 5) is 11.6. The van der Waals surface area contributed by atoms with E-state index in [-0.39, 0.29) is 17.5 Å². The van der Waals surface area contributed by atoms with Gasteiger partial charge in [-0.05, 0) is 86.9 Å². The van der Waals surface area contributed by atoms with Crippen molar-refractivity contribution in [2.45, 2.75) is 90.3 Å². The molecule has 4 unspecified atom stereocenters. The number of hydrogen-bond acceptors (Lipinski definition) is 3. The van der Waals surface area contributed by atoms with Crippen LogP contribution in [-0.4, -0.2) is 22.8 Å². The standard InChI is InChI=1S/C23H34O3/c1-5-23(25)13-12-21(3)16(14-23)6-7-17-18-8-9-20(26-15(2)24)22(18,4)11-10-19(17)21/h1,16-20,25H,6-14H2,2-4H3/t16-,17?,18?,19?,20-,21-,22-,23?/m0/s1. The molecule has 0 amide bonds. The van der Waals surface area contributed by atoms with Gasteiger partial charge in [0.1, 0.15) is 11.7 Å². The lowest BCUT2D eigenvalue weighted by molar-refractivity contribution is -0.165. The Hall–Kier alpha value is -1.01. The molecule has 0 aromatic rings. The van der Waals surface area contributed by atoms with Crippen molar-refractivity contribution in [3.05, 3.63) is 0 Å². The first-order chi connectivity index (χ1) is 12.2. The molecular formula is C23H34O3. The molecule has 4 aliphatic carbocycles. The van der Waals surface area contributed by atoms with Gasteiger partial charge in [0, 0.05) is 12.3 Å². The monoisotopic (exact) mass is 358 g/mol. The Balaban J connectivity index is 1.57. The topological polar surface area (TPSA) is 46.5 Å². The van der Waals surface area contributed by atoms with E-state index in [0.717, 1.165) is 37.5 Å². The summed E-state index contributed by atoms with van der Waals surface area (Å²) in [6.45, 7) is 6.40. The van der Waals surface area contributed by atoms with E-state index in [1.165, 1.54) is 32.1 Å². The highest BCUT2D eigenvalue weighted by molar-refractivity contribution is 5.66. The van der Waals surface area contributed by atoms with Crippen LogP contribution in [-0.2, 0) is 9.53 Å². The van der Waals surface area contributed by atoms with Crippen molar-refractivity contribution in [2.75, 3.05) is 0 Å². The zero-order valence-corrected chi connectivity index (χ0v) is 16.6. The molecule has 3 nitrogen and oxygen atoms in total. The van der Waals surface area contributed by atoms with Crippen molar-refractivity contribution in [1.29, 1.82) is 0 Å². The molecule has 8 atom stereocenters. The predicted octanol–water partition coefficient (Wildman–Crippen LogP) is 4.33. The van der Waals surface area contributed by atoms with Gasteiger partial charge in [-0.3, -0.25) is 4.79 Å². The summed E-state index contributed by atoms with van der Waals surface area (Å²) in [6.07, 6.45) is 15.4. The van der Waals surface area contributed by atoms with Crippen LogP contribution in [0.1, 0.15) is 78.6 Å². The van der Waals surface area contributed by atoms with Gasteiger partial charge in [0.2, 0.25) is 0 Å². The number of terminal acetylenes is 1. The van der Waals surface area contributed by atoms with Gasteiger partial charge in [0.25, 0.3) is 0 Å². The highest BCUT2D eigenvalue weighted by Crippen LogP contribution is 2.67. The minimum Gasteiger partial charge on any atom is -0.462 e. The summed E-state index contributed by atoms with van der Waals surface area (Å²) < 4.78 is 5.74. The van der Waals surface area contributed by atoms with Crippen LogP contribution in [0.4, 0.5) is 0 Å². The molecule has 26 heavy (non-hydrogen) atoms. The van der Waals surface area contributed by atoms with Gasteiger partial charge in [0.15, 0.2) is 0 Å². The molecule has 3 heteroatoms. The van der Waals surface area contributed by atoms with Crippen LogP contribution in [0.15, 0.2) is 0 Å². The van der Waals surface area contributed by atoms with Crippen molar-refractivity contribution >= 4 is 5.97 Å². The second-order valence-corrected chi connectivity index (χ2v) is 10.3. The zero-order chi connectivity index (χ0) is 18.7. The highest BCUT2D eigenvalue weighted by Gasteiger charge is 2.61. The van der Waals surface area contributed by atoms with Crippen LogP contribution < -0.4 is 0 Å². The first kappa shape index (κ1) is 18.4. The van der Waals surface area contributed by atoms with Gasteiger partial charge < -0.3 is 9.84 Å². The Kier molecular flexibility index (Phi) is 4.23. The molecule has 0 heterocycles. The number of rotatable bonds is 1. The molecule has 0 saturated heterocycles. The van der Waals surface area contributed by atoms with E-state index in [1.54, 1.807) is 6.92 Å². The SMILES string of the molecule is C#CC1(O)CC[C@]2(C)C3CC[C@@]4(C)C(CC[C@@H]4OC(C)=O)C3CC[C@H]2C1. The van der Waals surface area contributed by atoms with E-state index in [2.05, 4.69) is 19.8 Å². The normalized spacial score (nSPS) is 53.0. The van der Waals surface area contributed by atoms with Gasteiger partial charge in [-0.15, -0.1) is 6.42 Å². The Morgan fingerprint density at radius 2 is 1.77 bits per heavy atom. The fourth-order valence-corrected chi connectivity index (χ4v) is 7.72. The third-order valence-corrected chi connectivity index (χ3v) is 9.22. The maximum absolute atomic E-state index is 11.6. The number of carbonyl (C=O) groups is 1. The summed E-state index contributed by atoms with van der Waals surface area (Å²) in [6, 6.07) is 0. The lowest BCUT2D eigenvalue weighted by Crippen LogP contribution is -2.56. The maximum atomic E-state index is 11.6. The van der Waals surface area contributed by atoms with Crippen molar-refractivity contribution in [3.8, 4) is 12.3 Å². The number of hydrogen-bond donors (Lipinski definition) is 1. The van der Waals surface area contributed by atoms with E-state index >= 15 is 0 Å². The summed E-state index contributed by atoms with van der Waals surface area (Å²) in [7, 11) is 0. The minimum atomic E-state index is -0.881. The predicted molar refractivity (Wildman–Crippen MR) is 101 cm³/mol. The van der Waals surface area contributed by atoms with Gasteiger partial charge in [-0.1, -0.05) is 19.8 Å².